The zero-order chi connectivity index (χ0) is 13.5. The Bertz CT molecular complexity index is 395. The van der Waals surface area contributed by atoms with Crippen LogP contribution in [0.2, 0.25) is 10.0 Å². The van der Waals surface area contributed by atoms with Crippen molar-refractivity contribution in [2.24, 2.45) is 0 Å². The fraction of sp³-hybridized carbons (Fsp3) is 0.571. The molecule has 0 spiro atoms. The van der Waals surface area contributed by atoms with E-state index in [2.05, 4.69) is 5.32 Å². The Morgan fingerprint density at radius 2 is 1.95 bits per heavy atom. The van der Waals surface area contributed by atoms with Gasteiger partial charge in [0, 0.05) is 11.1 Å². The molecule has 1 saturated heterocycles. The Balaban J connectivity index is 1.62. The van der Waals surface area contributed by atoms with E-state index in [1.54, 1.807) is 23.1 Å². The quantitative estimate of drug-likeness (QED) is 0.742. The van der Waals surface area contributed by atoms with Crippen LogP contribution in [0.3, 0.4) is 0 Å². The zero-order valence-electron chi connectivity index (χ0n) is 11.1. The molecule has 0 atom stereocenters. The normalized spacial score (nSPS) is 16.5. The van der Waals surface area contributed by atoms with Gasteiger partial charge in [-0.1, -0.05) is 23.2 Å². The van der Waals surface area contributed by atoms with Crippen molar-refractivity contribution in [2.45, 2.75) is 12.8 Å². The van der Waals surface area contributed by atoms with Crippen molar-refractivity contribution < 1.29 is 15.0 Å². The van der Waals surface area contributed by atoms with Crippen molar-refractivity contribution in [1.29, 1.82) is 0 Å². The van der Waals surface area contributed by atoms with Crippen LogP contribution in [0.4, 0.5) is 0 Å². The molecule has 0 aliphatic carbocycles. The van der Waals surface area contributed by atoms with Crippen molar-refractivity contribution >= 4 is 23.2 Å². The molecule has 2 rings (SSSR count). The van der Waals surface area contributed by atoms with E-state index in [0.29, 0.717) is 22.4 Å². The number of nitrogens with one attached hydrogen (secondary N) is 1. The lowest BCUT2D eigenvalue weighted by Crippen LogP contribution is -3.20. The molecule has 19 heavy (non-hydrogen) atoms. The third-order valence-corrected chi connectivity index (χ3v) is 4.03. The molecule has 1 fully saturated rings. The fourth-order valence-corrected chi connectivity index (χ4v) is 2.71. The lowest BCUT2D eigenvalue weighted by atomic mass is 10.2. The highest BCUT2D eigenvalue weighted by atomic mass is 35.5. The number of quaternary nitrogens is 2. The Kier molecular flexibility index (Phi) is 6.24. The minimum Gasteiger partial charge on any atom is -0.492 e. The summed E-state index contributed by atoms with van der Waals surface area (Å²) in [6, 6.07) is 5.32. The molecule has 3 N–H and O–H groups in total. The molecule has 1 aromatic carbocycles. The van der Waals surface area contributed by atoms with E-state index in [1.165, 1.54) is 39.1 Å². The van der Waals surface area contributed by atoms with Gasteiger partial charge in [0.25, 0.3) is 0 Å². The number of rotatable bonds is 6. The number of unbranched alkanes of at least 4 members (excludes halogenated alkanes) is 1. The van der Waals surface area contributed by atoms with Crippen molar-refractivity contribution in [3.63, 3.8) is 0 Å². The standard InChI is InChI=1S/C14H20Cl2N2O/c15-12-3-4-13(16)14(11-12)19-10-2-1-7-18-8-5-17-6-9-18/h3-4,11,17H,1-2,5-10H2/p+2. The van der Waals surface area contributed by atoms with Gasteiger partial charge in [0.15, 0.2) is 0 Å². The summed E-state index contributed by atoms with van der Waals surface area (Å²) in [6.45, 7) is 7.08. The maximum absolute atomic E-state index is 6.04. The summed E-state index contributed by atoms with van der Waals surface area (Å²) in [5.74, 6) is 0.689. The van der Waals surface area contributed by atoms with Crippen molar-refractivity contribution in [3.8, 4) is 5.75 Å². The molecule has 0 bridgehead atoms. The van der Waals surface area contributed by atoms with Crippen LogP contribution in [0.5, 0.6) is 5.75 Å². The van der Waals surface area contributed by atoms with Crippen LogP contribution in [0.1, 0.15) is 12.8 Å². The lowest BCUT2D eigenvalue weighted by Gasteiger charge is -2.22. The molecular weight excluding hydrogens is 283 g/mol. The number of halogens is 2. The fourth-order valence-electron chi connectivity index (χ4n) is 2.38. The number of hydrogen-bond donors (Lipinski definition) is 2. The number of benzene rings is 1. The molecular formula is C14H22Cl2N2O+2. The van der Waals surface area contributed by atoms with Crippen LogP contribution in [0.25, 0.3) is 0 Å². The first-order valence-electron chi connectivity index (χ1n) is 6.99. The number of piperazine rings is 1. The van der Waals surface area contributed by atoms with Gasteiger partial charge in [-0.05, 0) is 25.0 Å². The van der Waals surface area contributed by atoms with Gasteiger partial charge in [0.05, 0.1) is 18.2 Å². The van der Waals surface area contributed by atoms with Crippen molar-refractivity contribution in [2.75, 3.05) is 39.3 Å². The van der Waals surface area contributed by atoms with Crippen LogP contribution in [-0.2, 0) is 0 Å². The van der Waals surface area contributed by atoms with Gasteiger partial charge in [0.2, 0.25) is 0 Å². The highest BCUT2D eigenvalue weighted by Crippen LogP contribution is 2.27. The molecule has 1 aliphatic heterocycles. The SMILES string of the molecule is Clc1ccc(Cl)c(OCCCC[NH+]2CC[NH2+]CC2)c1. The minimum atomic E-state index is 0.626. The van der Waals surface area contributed by atoms with E-state index < -0.39 is 0 Å². The largest absolute Gasteiger partial charge is 0.492 e. The number of hydrogen-bond acceptors (Lipinski definition) is 1. The van der Waals surface area contributed by atoms with Crippen LogP contribution in [0.15, 0.2) is 18.2 Å². The molecule has 1 heterocycles. The van der Waals surface area contributed by atoms with E-state index in [1.807, 2.05) is 0 Å². The maximum atomic E-state index is 6.04. The highest BCUT2D eigenvalue weighted by molar-refractivity contribution is 6.34. The van der Waals surface area contributed by atoms with E-state index >= 15 is 0 Å². The second-order valence-corrected chi connectivity index (χ2v) is 5.84. The molecule has 0 saturated carbocycles. The predicted molar refractivity (Wildman–Crippen MR) is 78.4 cm³/mol. The minimum absolute atomic E-state index is 0.626. The molecule has 0 unspecified atom stereocenters. The highest BCUT2D eigenvalue weighted by Gasteiger charge is 2.14. The summed E-state index contributed by atoms with van der Waals surface area (Å²) in [6.07, 6.45) is 2.27. The van der Waals surface area contributed by atoms with Gasteiger partial charge in [-0.15, -0.1) is 0 Å². The molecule has 5 heteroatoms. The topological polar surface area (TPSA) is 30.3 Å². The second-order valence-electron chi connectivity index (χ2n) is 5.00. The van der Waals surface area contributed by atoms with Crippen molar-refractivity contribution in [3.05, 3.63) is 28.2 Å². The average Bonchev–Trinajstić information content (AvgIpc) is 2.43. The summed E-state index contributed by atoms with van der Waals surface area (Å²) in [4.78, 5) is 1.73. The summed E-state index contributed by atoms with van der Waals surface area (Å²) in [5, 5.41) is 3.68. The van der Waals surface area contributed by atoms with Gasteiger partial charge in [0.1, 0.15) is 31.9 Å². The summed E-state index contributed by atoms with van der Waals surface area (Å²) in [5.41, 5.74) is 0. The lowest BCUT2D eigenvalue weighted by molar-refractivity contribution is -0.946. The van der Waals surface area contributed by atoms with Gasteiger partial charge in [-0.2, -0.15) is 0 Å². The first-order chi connectivity index (χ1) is 9.25. The third-order valence-electron chi connectivity index (χ3n) is 3.48. The molecule has 0 aromatic heterocycles. The van der Waals surface area contributed by atoms with Crippen molar-refractivity contribution in [1.82, 2.24) is 0 Å². The van der Waals surface area contributed by atoms with Gasteiger partial charge in [-0.3, -0.25) is 0 Å². The van der Waals surface area contributed by atoms with Crippen LogP contribution in [0, 0.1) is 0 Å². The first kappa shape index (κ1) is 14.9. The Morgan fingerprint density at radius 1 is 1.16 bits per heavy atom. The van der Waals surface area contributed by atoms with Crippen LogP contribution >= 0.6 is 23.2 Å². The summed E-state index contributed by atoms with van der Waals surface area (Å²) >= 11 is 12.0. The van der Waals surface area contributed by atoms with Gasteiger partial charge < -0.3 is 15.0 Å². The average molecular weight is 305 g/mol. The number of ether oxygens (including phenoxy) is 1. The van der Waals surface area contributed by atoms with E-state index in [0.717, 1.165) is 6.42 Å². The van der Waals surface area contributed by atoms with E-state index in [-0.39, 0.29) is 0 Å². The third kappa shape index (κ3) is 5.19. The smallest absolute Gasteiger partial charge is 0.139 e. The molecule has 1 aliphatic rings. The molecule has 106 valence electrons. The molecule has 1 aromatic rings. The van der Waals surface area contributed by atoms with Crippen LogP contribution in [-0.4, -0.2) is 39.3 Å². The Morgan fingerprint density at radius 3 is 2.74 bits per heavy atom. The molecule has 0 amide bonds. The van der Waals surface area contributed by atoms with Crippen LogP contribution < -0.4 is 15.0 Å². The first-order valence-corrected chi connectivity index (χ1v) is 7.74. The second kappa shape index (κ2) is 7.95. The molecule has 0 radical (unpaired) electrons. The zero-order valence-corrected chi connectivity index (χ0v) is 12.6. The maximum Gasteiger partial charge on any atom is 0.139 e. The summed E-state index contributed by atoms with van der Waals surface area (Å²) < 4.78 is 5.68. The number of nitrogens with two attached hydrogens (primary N) is 1. The predicted octanol–water partition coefficient (Wildman–Crippen LogP) is 0.614. The van der Waals surface area contributed by atoms with E-state index in [9.17, 15) is 0 Å². The summed E-state index contributed by atoms with van der Waals surface area (Å²) in [7, 11) is 0. The Hall–Kier alpha value is -0.480. The van der Waals surface area contributed by atoms with Gasteiger partial charge in [-0.25, -0.2) is 0 Å². The van der Waals surface area contributed by atoms with E-state index in [4.69, 9.17) is 27.9 Å². The van der Waals surface area contributed by atoms with Gasteiger partial charge >= 0.3 is 0 Å². The monoisotopic (exact) mass is 304 g/mol. The molecule has 3 nitrogen and oxygen atoms in total. The Labute approximate surface area is 124 Å².